The molecule has 0 atom stereocenters. The summed E-state index contributed by atoms with van der Waals surface area (Å²) in [6.07, 6.45) is 1.90. The van der Waals surface area contributed by atoms with E-state index in [9.17, 15) is 9.59 Å². The Bertz CT molecular complexity index is 498. The van der Waals surface area contributed by atoms with Crippen LogP contribution in [0.15, 0.2) is 24.3 Å². The van der Waals surface area contributed by atoms with Gasteiger partial charge in [0.15, 0.2) is 0 Å². The van der Waals surface area contributed by atoms with Crippen molar-refractivity contribution in [3.05, 3.63) is 24.3 Å². The van der Waals surface area contributed by atoms with Gasteiger partial charge in [0.1, 0.15) is 5.75 Å². The molecule has 1 aliphatic rings. The normalized spacial score (nSPS) is 13.7. The molecule has 1 N–H and O–H groups in total. The Kier molecular flexibility index (Phi) is 4.61. The van der Waals surface area contributed by atoms with Crippen molar-refractivity contribution in [3.63, 3.8) is 0 Å². The molecule has 1 aromatic rings. The van der Waals surface area contributed by atoms with Gasteiger partial charge >= 0.3 is 0 Å². The van der Waals surface area contributed by atoms with E-state index in [-0.39, 0.29) is 24.3 Å². The average Bonchev–Trinajstić information content (AvgIpc) is 3.29. The lowest BCUT2D eigenvalue weighted by Crippen LogP contribution is -2.38. The Balaban J connectivity index is 1.95. The lowest BCUT2D eigenvalue weighted by atomic mass is 10.3. The number of ether oxygens (including phenoxy) is 1. The first-order chi connectivity index (χ1) is 9.65. The summed E-state index contributed by atoms with van der Waals surface area (Å²) in [4.78, 5) is 25.6. The third kappa shape index (κ3) is 3.50. The second-order valence-electron chi connectivity index (χ2n) is 4.88. The molecule has 0 radical (unpaired) electrons. The number of nitrogens with one attached hydrogen (secondary N) is 1. The predicted octanol–water partition coefficient (Wildman–Crippen LogP) is 1.89. The van der Waals surface area contributed by atoms with Gasteiger partial charge in [-0.25, -0.2) is 0 Å². The molecule has 1 fully saturated rings. The minimum absolute atomic E-state index is 0.0858. The highest BCUT2D eigenvalue weighted by atomic mass is 16.5. The van der Waals surface area contributed by atoms with Gasteiger partial charge in [-0.05, 0) is 31.9 Å². The first-order valence-electron chi connectivity index (χ1n) is 6.87. The van der Waals surface area contributed by atoms with E-state index in [1.165, 1.54) is 0 Å². The van der Waals surface area contributed by atoms with Gasteiger partial charge in [0.2, 0.25) is 11.8 Å². The van der Waals surface area contributed by atoms with Crippen molar-refractivity contribution >= 4 is 17.5 Å². The number of hydrogen-bond acceptors (Lipinski definition) is 3. The quantitative estimate of drug-likeness (QED) is 0.863. The lowest BCUT2D eigenvalue weighted by molar-refractivity contribution is -0.135. The van der Waals surface area contributed by atoms with Gasteiger partial charge in [-0.15, -0.1) is 0 Å². The number of para-hydroxylation sites is 2. The zero-order valence-corrected chi connectivity index (χ0v) is 11.9. The Morgan fingerprint density at radius 3 is 2.65 bits per heavy atom. The van der Waals surface area contributed by atoms with Crippen LogP contribution in [0.3, 0.4) is 0 Å². The number of likely N-dealkylation sites (N-methyl/N-ethyl adjacent to an activating group) is 1. The molecular formula is C15H20N2O3. The number of methoxy groups -OCH3 is 1. The van der Waals surface area contributed by atoms with Crippen molar-refractivity contribution in [2.45, 2.75) is 19.8 Å². The Hall–Kier alpha value is -2.04. The molecule has 5 heteroatoms. The molecule has 1 saturated carbocycles. The van der Waals surface area contributed by atoms with Crippen LogP contribution in [0.2, 0.25) is 0 Å². The number of benzene rings is 1. The highest BCUT2D eigenvalue weighted by molar-refractivity contribution is 5.96. The van der Waals surface area contributed by atoms with E-state index >= 15 is 0 Å². The molecule has 108 valence electrons. The van der Waals surface area contributed by atoms with E-state index in [0.29, 0.717) is 18.0 Å². The Labute approximate surface area is 118 Å². The molecular weight excluding hydrogens is 256 g/mol. The van der Waals surface area contributed by atoms with Crippen molar-refractivity contribution in [2.24, 2.45) is 5.92 Å². The predicted molar refractivity (Wildman–Crippen MR) is 76.6 cm³/mol. The molecule has 5 nitrogen and oxygen atoms in total. The molecule has 0 bridgehead atoms. The molecule has 0 unspecified atom stereocenters. The number of anilines is 1. The monoisotopic (exact) mass is 276 g/mol. The molecule has 0 aliphatic heterocycles. The third-order valence-electron chi connectivity index (χ3n) is 3.34. The van der Waals surface area contributed by atoms with E-state index in [1.807, 2.05) is 19.1 Å². The van der Waals surface area contributed by atoms with E-state index in [0.717, 1.165) is 12.8 Å². The van der Waals surface area contributed by atoms with Crippen molar-refractivity contribution in [1.82, 2.24) is 4.90 Å². The fraction of sp³-hybridized carbons (Fsp3) is 0.467. The van der Waals surface area contributed by atoms with E-state index in [4.69, 9.17) is 4.74 Å². The first-order valence-corrected chi connectivity index (χ1v) is 6.87. The molecule has 1 aromatic carbocycles. The van der Waals surface area contributed by atoms with E-state index in [1.54, 1.807) is 24.1 Å². The summed E-state index contributed by atoms with van der Waals surface area (Å²) in [7, 11) is 1.56. The van der Waals surface area contributed by atoms with Crippen LogP contribution in [0, 0.1) is 5.92 Å². The maximum Gasteiger partial charge on any atom is 0.244 e. The molecule has 20 heavy (non-hydrogen) atoms. The molecule has 0 saturated heterocycles. The highest BCUT2D eigenvalue weighted by Gasteiger charge is 2.33. The van der Waals surface area contributed by atoms with E-state index in [2.05, 4.69) is 5.32 Å². The SMILES string of the molecule is CCN(CC(=O)Nc1ccccc1OC)C(=O)C1CC1. The number of nitrogens with zero attached hydrogens (tertiary/aromatic N) is 1. The highest BCUT2D eigenvalue weighted by Crippen LogP contribution is 2.31. The molecule has 0 spiro atoms. The fourth-order valence-electron chi connectivity index (χ4n) is 2.05. The van der Waals surface area contributed by atoms with Crippen LogP contribution in [-0.4, -0.2) is 36.9 Å². The van der Waals surface area contributed by atoms with Crippen molar-refractivity contribution in [2.75, 3.05) is 25.5 Å². The van der Waals surface area contributed by atoms with Crippen LogP contribution in [0.4, 0.5) is 5.69 Å². The van der Waals surface area contributed by atoms with Crippen molar-refractivity contribution in [3.8, 4) is 5.75 Å². The second-order valence-corrected chi connectivity index (χ2v) is 4.88. The summed E-state index contributed by atoms with van der Waals surface area (Å²) >= 11 is 0. The minimum atomic E-state index is -0.203. The Morgan fingerprint density at radius 2 is 2.05 bits per heavy atom. The molecule has 0 heterocycles. The van der Waals surface area contributed by atoms with Crippen molar-refractivity contribution in [1.29, 1.82) is 0 Å². The number of rotatable bonds is 6. The van der Waals surface area contributed by atoms with Gasteiger partial charge < -0.3 is 15.0 Å². The summed E-state index contributed by atoms with van der Waals surface area (Å²) in [5, 5.41) is 2.78. The van der Waals surface area contributed by atoms with Gasteiger partial charge in [0.05, 0.1) is 19.3 Å². The maximum atomic E-state index is 12.0. The summed E-state index contributed by atoms with van der Waals surface area (Å²) in [6, 6.07) is 7.22. The lowest BCUT2D eigenvalue weighted by Gasteiger charge is -2.20. The largest absolute Gasteiger partial charge is 0.495 e. The number of carbonyl (C=O) groups is 2. The van der Waals surface area contributed by atoms with Crippen LogP contribution in [0.25, 0.3) is 0 Å². The van der Waals surface area contributed by atoms with Crippen LogP contribution in [-0.2, 0) is 9.59 Å². The maximum absolute atomic E-state index is 12.0. The molecule has 2 rings (SSSR count). The van der Waals surface area contributed by atoms with Crippen LogP contribution in [0.5, 0.6) is 5.75 Å². The van der Waals surface area contributed by atoms with Gasteiger partial charge in [-0.1, -0.05) is 12.1 Å². The smallest absolute Gasteiger partial charge is 0.244 e. The van der Waals surface area contributed by atoms with Crippen LogP contribution in [0.1, 0.15) is 19.8 Å². The number of hydrogen-bond donors (Lipinski definition) is 1. The fourth-order valence-corrected chi connectivity index (χ4v) is 2.05. The summed E-state index contributed by atoms with van der Waals surface area (Å²) in [5.74, 6) is 0.624. The van der Waals surface area contributed by atoms with Crippen LogP contribution >= 0.6 is 0 Å². The first kappa shape index (κ1) is 14.4. The minimum Gasteiger partial charge on any atom is -0.495 e. The number of amides is 2. The number of carbonyl (C=O) groups excluding carboxylic acids is 2. The zero-order valence-electron chi connectivity index (χ0n) is 11.9. The van der Waals surface area contributed by atoms with Gasteiger partial charge in [-0.2, -0.15) is 0 Å². The van der Waals surface area contributed by atoms with Gasteiger partial charge in [0.25, 0.3) is 0 Å². The topological polar surface area (TPSA) is 58.6 Å². The molecule has 0 aromatic heterocycles. The Morgan fingerprint density at radius 1 is 1.35 bits per heavy atom. The second kappa shape index (κ2) is 6.41. The van der Waals surface area contributed by atoms with Gasteiger partial charge in [-0.3, -0.25) is 9.59 Å². The zero-order chi connectivity index (χ0) is 14.5. The van der Waals surface area contributed by atoms with E-state index < -0.39 is 0 Å². The third-order valence-corrected chi connectivity index (χ3v) is 3.34. The molecule has 2 amide bonds. The van der Waals surface area contributed by atoms with Crippen molar-refractivity contribution < 1.29 is 14.3 Å². The summed E-state index contributed by atoms with van der Waals surface area (Å²) in [6.45, 7) is 2.52. The average molecular weight is 276 g/mol. The molecule has 1 aliphatic carbocycles. The van der Waals surface area contributed by atoms with Crippen LogP contribution < -0.4 is 10.1 Å². The summed E-state index contributed by atoms with van der Waals surface area (Å²) in [5.41, 5.74) is 0.620. The summed E-state index contributed by atoms with van der Waals surface area (Å²) < 4.78 is 5.18. The standard InChI is InChI=1S/C15H20N2O3/c1-3-17(15(19)11-8-9-11)10-14(18)16-12-6-4-5-7-13(12)20-2/h4-7,11H,3,8-10H2,1-2H3,(H,16,18). The van der Waals surface area contributed by atoms with Gasteiger partial charge in [0, 0.05) is 12.5 Å².